The van der Waals surface area contributed by atoms with E-state index >= 15 is 0 Å². The third kappa shape index (κ3) is 29.2. The number of nitrogens with one attached hydrogen (secondary N) is 1. The van der Waals surface area contributed by atoms with Crippen LogP contribution in [0.25, 0.3) is 0 Å². The van der Waals surface area contributed by atoms with E-state index in [1.807, 2.05) is 7.05 Å². The van der Waals surface area contributed by atoms with Crippen LogP contribution in [0.4, 0.5) is 4.70 Å². The second-order valence-corrected chi connectivity index (χ2v) is 5.27. The van der Waals surface area contributed by atoms with Gasteiger partial charge in [-0.15, -0.1) is 0 Å². The second kappa shape index (κ2) is 14.8. The minimum absolute atomic E-state index is 0. The molecule has 0 spiro atoms. The van der Waals surface area contributed by atoms with Crippen molar-refractivity contribution in [3.05, 3.63) is 0 Å². The van der Waals surface area contributed by atoms with Crippen LogP contribution in [0.15, 0.2) is 0 Å². The van der Waals surface area contributed by atoms with E-state index in [9.17, 15) is 8.42 Å². The molecular weight excluding hydrogens is 231 g/mol. The van der Waals surface area contributed by atoms with E-state index in [0.29, 0.717) is 6.42 Å². The molecule has 0 radical (unpaired) electrons. The predicted molar refractivity (Wildman–Crippen MR) is 68.8 cm³/mol. The molecule has 3 N–H and O–H groups in total. The minimum atomic E-state index is -3.20. The lowest BCUT2D eigenvalue weighted by atomic mass is 10.2. The largest absolute Gasteiger partial charge is 0.320 e. The first-order chi connectivity index (χ1) is 6.97. The molecule has 0 bridgehead atoms. The van der Waals surface area contributed by atoms with E-state index in [2.05, 4.69) is 19.2 Å². The molecule has 4 nitrogen and oxygen atoms in total. The SMILES string of the molecule is CCCCCCS(N)(=O)=O.CCCNC.F. The molecular formula is C10H27FN2O2S. The van der Waals surface area contributed by atoms with E-state index in [-0.39, 0.29) is 10.5 Å². The van der Waals surface area contributed by atoms with E-state index < -0.39 is 10.0 Å². The summed E-state index contributed by atoms with van der Waals surface area (Å²) >= 11 is 0. The Balaban J connectivity index is -0.000000242. The van der Waals surface area contributed by atoms with Gasteiger partial charge in [-0.25, -0.2) is 13.6 Å². The highest BCUT2D eigenvalue weighted by atomic mass is 32.2. The standard InChI is InChI=1S/C6H15NO2S.C4H11N.FH/c1-2-3-4-5-6-10(7,8)9;1-3-4-5-2;/h2-6H2,1H3,(H2,7,8,9);5H,3-4H2,1-2H3;1H. The van der Waals surface area contributed by atoms with Gasteiger partial charge in [0, 0.05) is 0 Å². The fourth-order valence-corrected chi connectivity index (χ4v) is 1.59. The highest BCUT2D eigenvalue weighted by Crippen LogP contribution is 1.99. The van der Waals surface area contributed by atoms with E-state index in [1.165, 1.54) is 6.42 Å². The van der Waals surface area contributed by atoms with Crippen molar-refractivity contribution in [2.24, 2.45) is 5.14 Å². The van der Waals surface area contributed by atoms with Crippen molar-refractivity contribution in [2.45, 2.75) is 46.0 Å². The number of rotatable bonds is 7. The molecule has 0 unspecified atom stereocenters. The maximum atomic E-state index is 10.4. The molecule has 0 aromatic carbocycles. The summed E-state index contributed by atoms with van der Waals surface area (Å²) in [6, 6.07) is 0. The number of primary sulfonamides is 1. The summed E-state index contributed by atoms with van der Waals surface area (Å²) in [7, 11) is -1.24. The van der Waals surface area contributed by atoms with Gasteiger partial charge >= 0.3 is 0 Å². The summed E-state index contributed by atoms with van der Waals surface area (Å²) in [5, 5.41) is 7.81. The lowest BCUT2D eigenvalue weighted by Gasteiger charge is -1.96. The van der Waals surface area contributed by atoms with Crippen LogP contribution in [-0.4, -0.2) is 27.8 Å². The molecule has 0 saturated carbocycles. The quantitative estimate of drug-likeness (QED) is 0.682. The van der Waals surface area contributed by atoms with Crippen molar-refractivity contribution in [2.75, 3.05) is 19.3 Å². The van der Waals surface area contributed by atoms with Gasteiger partial charge in [0.25, 0.3) is 0 Å². The Kier molecular flexibility index (Phi) is 19.5. The molecule has 0 heterocycles. The lowest BCUT2D eigenvalue weighted by molar-refractivity contribution is 0.590. The smallest absolute Gasteiger partial charge is 0.209 e. The Hall–Kier alpha value is -0.200. The number of hydrogen-bond acceptors (Lipinski definition) is 3. The van der Waals surface area contributed by atoms with E-state index in [1.54, 1.807) is 0 Å². The van der Waals surface area contributed by atoms with Crippen LogP contribution in [0, 0.1) is 0 Å². The molecule has 0 aliphatic carbocycles. The van der Waals surface area contributed by atoms with Crippen LogP contribution in [0.5, 0.6) is 0 Å². The number of halogens is 1. The van der Waals surface area contributed by atoms with Crippen molar-refractivity contribution in [1.82, 2.24) is 5.32 Å². The Labute approximate surface area is 99.4 Å². The zero-order chi connectivity index (χ0) is 12.2. The average Bonchev–Trinajstić information content (AvgIpc) is 2.13. The van der Waals surface area contributed by atoms with Crippen LogP contribution in [0.3, 0.4) is 0 Å². The Morgan fingerprint density at radius 2 is 1.62 bits per heavy atom. The summed E-state index contributed by atoms with van der Waals surface area (Å²) in [6.45, 7) is 5.37. The van der Waals surface area contributed by atoms with Gasteiger partial charge in [-0.3, -0.25) is 4.70 Å². The van der Waals surface area contributed by atoms with Gasteiger partial charge in [0.05, 0.1) is 5.75 Å². The van der Waals surface area contributed by atoms with Crippen molar-refractivity contribution in [3.8, 4) is 0 Å². The first-order valence-electron chi connectivity index (χ1n) is 5.63. The Morgan fingerprint density at radius 3 is 1.88 bits per heavy atom. The van der Waals surface area contributed by atoms with Crippen molar-refractivity contribution in [1.29, 1.82) is 0 Å². The van der Waals surface area contributed by atoms with Gasteiger partial charge in [0.2, 0.25) is 10.0 Å². The average molecular weight is 258 g/mol. The topological polar surface area (TPSA) is 72.2 Å². The highest BCUT2D eigenvalue weighted by molar-refractivity contribution is 7.89. The van der Waals surface area contributed by atoms with Crippen LogP contribution in [0.1, 0.15) is 46.0 Å². The summed E-state index contributed by atoms with van der Waals surface area (Å²) < 4.78 is 20.7. The van der Waals surface area contributed by atoms with E-state index in [0.717, 1.165) is 25.8 Å². The molecule has 16 heavy (non-hydrogen) atoms. The Morgan fingerprint density at radius 1 is 1.06 bits per heavy atom. The summed E-state index contributed by atoms with van der Waals surface area (Å²) in [5.41, 5.74) is 0. The van der Waals surface area contributed by atoms with E-state index in [4.69, 9.17) is 5.14 Å². The molecule has 0 aliphatic rings. The lowest BCUT2D eigenvalue weighted by Crippen LogP contribution is -2.16. The molecule has 6 heteroatoms. The maximum Gasteiger partial charge on any atom is 0.209 e. The van der Waals surface area contributed by atoms with Gasteiger partial charge in [-0.1, -0.05) is 33.1 Å². The number of nitrogens with two attached hydrogens (primary N) is 1. The number of unbranched alkanes of at least 4 members (excludes halogenated alkanes) is 3. The van der Waals surface area contributed by atoms with Crippen LogP contribution >= 0.6 is 0 Å². The normalized spacial score (nSPS) is 10.0. The molecule has 0 aromatic heterocycles. The zero-order valence-electron chi connectivity index (χ0n) is 10.7. The van der Waals surface area contributed by atoms with Gasteiger partial charge in [0.1, 0.15) is 0 Å². The molecule has 0 rings (SSSR count). The molecule has 102 valence electrons. The van der Waals surface area contributed by atoms with Gasteiger partial charge in [-0.2, -0.15) is 0 Å². The third-order valence-corrected chi connectivity index (χ3v) is 2.64. The van der Waals surface area contributed by atoms with Gasteiger partial charge in [0.15, 0.2) is 0 Å². The molecule has 0 amide bonds. The molecule has 0 fully saturated rings. The van der Waals surface area contributed by atoms with Gasteiger partial charge < -0.3 is 5.32 Å². The monoisotopic (exact) mass is 258 g/mol. The summed E-state index contributed by atoms with van der Waals surface area (Å²) in [6.07, 6.45) is 5.11. The summed E-state index contributed by atoms with van der Waals surface area (Å²) in [4.78, 5) is 0. The van der Waals surface area contributed by atoms with Crippen LogP contribution in [-0.2, 0) is 10.0 Å². The molecule has 0 aromatic rings. The first-order valence-corrected chi connectivity index (χ1v) is 7.34. The maximum absolute atomic E-state index is 10.4. The third-order valence-electron chi connectivity index (χ3n) is 1.78. The predicted octanol–water partition coefficient (Wildman–Crippen LogP) is 1.62. The number of sulfonamides is 1. The van der Waals surface area contributed by atoms with Crippen molar-refractivity contribution in [3.63, 3.8) is 0 Å². The Bertz CT molecular complexity index is 207. The summed E-state index contributed by atoms with van der Waals surface area (Å²) in [5.74, 6) is 0.132. The zero-order valence-corrected chi connectivity index (χ0v) is 11.5. The van der Waals surface area contributed by atoms with Gasteiger partial charge in [-0.05, 0) is 26.4 Å². The van der Waals surface area contributed by atoms with Crippen molar-refractivity contribution < 1.29 is 13.1 Å². The highest BCUT2D eigenvalue weighted by Gasteiger charge is 1.99. The fourth-order valence-electron chi connectivity index (χ4n) is 0.980. The van der Waals surface area contributed by atoms with Crippen LogP contribution < -0.4 is 10.5 Å². The van der Waals surface area contributed by atoms with Crippen LogP contribution in [0.2, 0.25) is 0 Å². The number of hydrogen-bond donors (Lipinski definition) is 2. The minimum Gasteiger partial charge on any atom is -0.320 e. The second-order valence-electron chi connectivity index (χ2n) is 3.53. The molecule has 0 atom stereocenters. The first kappa shape index (κ1) is 21.1. The fraction of sp³-hybridized carbons (Fsp3) is 1.00. The molecule has 0 saturated heterocycles. The van der Waals surface area contributed by atoms with Crippen molar-refractivity contribution >= 4 is 10.0 Å². The molecule has 0 aliphatic heterocycles.